The number of ether oxygens (including phenoxy) is 2. The van der Waals surface area contributed by atoms with Crippen LogP contribution in [0, 0.1) is 11.8 Å². The minimum absolute atomic E-state index is 0.0223. The van der Waals surface area contributed by atoms with E-state index in [1.807, 2.05) is 0 Å². The van der Waals surface area contributed by atoms with E-state index in [4.69, 9.17) is 19.7 Å². The molecule has 2 atom stereocenters. The van der Waals surface area contributed by atoms with Crippen molar-refractivity contribution in [2.75, 3.05) is 0 Å². The van der Waals surface area contributed by atoms with Crippen LogP contribution in [0.25, 0.3) is 0 Å². The van der Waals surface area contributed by atoms with E-state index in [1.165, 1.54) is 57.8 Å². The van der Waals surface area contributed by atoms with E-state index in [-0.39, 0.29) is 25.0 Å². The molecular formula is C25H44O6. The van der Waals surface area contributed by atoms with E-state index in [2.05, 4.69) is 18.8 Å². The molecule has 0 aromatic heterocycles. The Hall–Kier alpha value is -1.58. The maximum atomic E-state index is 10.7. The Morgan fingerprint density at radius 3 is 1.58 bits per heavy atom. The molecule has 6 nitrogen and oxygen atoms in total. The van der Waals surface area contributed by atoms with E-state index in [1.54, 1.807) is 13.8 Å². The summed E-state index contributed by atoms with van der Waals surface area (Å²) in [6.45, 7) is 5.83. The molecule has 0 amide bonds. The standard InChI is InChI=1S/C25H44O6/c1-4-5-6-7-8-9-10-11-12-13-14-15-16-25(30-21(2)17-19-23(26)27)31-22(3)18-20-24(28)29/h21-22,25H,4-14,17-20H2,1-3H3,(H,26,27)(H,28,29). The minimum Gasteiger partial charge on any atom is -0.481 e. The molecular weight excluding hydrogens is 396 g/mol. The van der Waals surface area contributed by atoms with E-state index < -0.39 is 18.2 Å². The molecule has 0 saturated carbocycles. The molecule has 0 heterocycles. The van der Waals surface area contributed by atoms with Crippen molar-refractivity contribution >= 4 is 11.9 Å². The van der Waals surface area contributed by atoms with Gasteiger partial charge in [0.2, 0.25) is 6.29 Å². The first-order valence-corrected chi connectivity index (χ1v) is 12.1. The number of carboxylic acids is 2. The van der Waals surface area contributed by atoms with Crippen molar-refractivity contribution in [1.29, 1.82) is 0 Å². The van der Waals surface area contributed by atoms with Crippen LogP contribution in [0.3, 0.4) is 0 Å². The Bertz CT molecular complexity index is 496. The molecule has 0 aromatic carbocycles. The molecule has 0 spiro atoms. The average molecular weight is 441 g/mol. The molecule has 0 aliphatic heterocycles. The monoisotopic (exact) mass is 440 g/mol. The van der Waals surface area contributed by atoms with Crippen molar-refractivity contribution in [3.63, 3.8) is 0 Å². The van der Waals surface area contributed by atoms with Crippen LogP contribution in [0.4, 0.5) is 0 Å². The quantitative estimate of drug-likeness (QED) is 0.134. The van der Waals surface area contributed by atoms with Crippen molar-refractivity contribution in [3.05, 3.63) is 0 Å². The van der Waals surface area contributed by atoms with Crippen LogP contribution in [0.1, 0.15) is 117 Å². The first-order valence-electron chi connectivity index (χ1n) is 12.1. The van der Waals surface area contributed by atoms with Crippen LogP contribution in [0.2, 0.25) is 0 Å². The molecule has 0 aliphatic carbocycles. The zero-order valence-electron chi connectivity index (χ0n) is 19.9. The summed E-state index contributed by atoms with van der Waals surface area (Å²) in [5, 5.41) is 17.6. The highest BCUT2D eigenvalue weighted by Gasteiger charge is 2.16. The molecule has 0 radical (unpaired) electrons. The number of unbranched alkanes of at least 4 members (excludes halogenated alkanes) is 10. The number of carbonyl (C=O) groups is 2. The van der Waals surface area contributed by atoms with E-state index in [0.29, 0.717) is 12.8 Å². The highest BCUT2D eigenvalue weighted by Crippen LogP contribution is 2.13. The van der Waals surface area contributed by atoms with Crippen molar-refractivity contribution in [2.45, 2.75) is 136 Å². The summed E-state index contributed by atoms with van der Waals surface area (Å²) in [5.74, 6) is 4.38. The zero-order valence-corrected chi connectivity index (χ0v) is 19.9. The molecule has 0 bridgehead atoms. The second-order valence-electron chi connectivity index (χ2n) is 8.34. The lowest BCUT2D eigenvalue weighted by atomic mass is 10.1. The lowest BCUT2D eigenvalue weighted by molar-refractivity contribution is -0.162. The first kappa shape index (κ1) is 29.4. The van der Waals surface area contributed by atoms with Crippen LogP contribution in [0.5, 0.6) is 0 Å². The summed E-state index contributed by atoms with van der Waals surface area (Å²) < 4.78 is 11.5. The smallest absolute Gasteiger partial charge is 0.303 e. The van der Waals surface area contributed by atoms with Crippen LogP contribution < -0.4 is 0 Å². The lowest BCUT2D eigenvalue weighted by Gasteiger charge is -2.22. The highest BCUT2D eigenvalue weighted by atomic mass is 16.7. The molecule has 0 aromatic rings. The van der Waals surface area contributed by atoms with Gasteiger partial charge >= 0.3 is 11.9 Å². The lowest BCUT2D eigenvalue weighted by Crippen LogP contribution is -2.26. The predicted octanol–water partition coefficient (Wildman–Crippen LogP) is 6.17. The van der Waals surface area contributed by atoms with Crippen molar-refractivity contribution in [3.8, 4) is 11.8 Å². The van der Waals surface area contributed by atoms with Gasteiger partial charge in [0, 0.05) is 19.3 Å². The molecule has 180 valence electrons. The normalized spacial score (nSPS) is 13.8. The van der Waals surface area contributed by atoms with Gasteiger partial charge in [0.1, 0.15) is 0 Å². The fourth-order valence-electron chi connectivity index (χ4n) is 3.17. The third-order valence-corrected chi connectivity index (χ3v) is 5.12. The van der Waals surface area contributed by atoms with Gasteiger partial charge in [-0.2, -0.15) is 0 Å². The maximum Gasteiger partial charge on any atom is 0.303 e. The number of rotatable bonds is 20. The number of hydrogen-bond acceptors (Lipinski definition) is 4. The maximum absolute atomic E-state index is 10.7. The van der Waals surface area contributed by atoms with Gasteiger partial charge in [-0.05, 0) is 39.0 Å². The van der Waals surface area contributed by atoms with Gasteiger partial charge in [0.15, 0.2) is 0 Å². The topological polar surface area (TPSA) is 93.1 Å². The summed E-state index contributed by atoms with van der Waals surface area (Å²) >= 11 is 0. The van der Waals surface area contributed by atoms with Crippen LogP contribution in [-0.2, 0) is 19.1 Å². The second kappa shape index (κ2) is 20.3. The molecule has 0 aliphatic rings. The van der Waals surface area contributed by atoms with E-state index in [0.717, 1.165) is 12.8 Å². The SMILES string of the molecule is CCCCCCCCCCCCC#CC(OC(C)CCC(=O)O)OC(C)CCC(=O)O. The predicted molar refractivity (Wildman–Crippen MR) is 123 cm³/mol. The second-order valence-corrected chi connectivity index (χ2v) is 8.34. The van der Waals surface area contributed by atoms with Crippen molar-refractivity contribution < 1.29 is 29.3 Å². The van der Waals surface area contributed by atoms with Gasteiger partial charge in [-0.1, -0.05) is 70.6 Å². The Kier molecular flexibility index (Phi) is 19.3. The molecule has 31 heavy (non-hydrogen) atoms. The summed E-state index contributed by atoms with van der Waals surface area (Å²) in [5.41, 5.74) is 0. The van der Waals surface area contributed by atoms with Crippen LogP contribution in [0.15, 0.2) is 0 Å². The highest BCUT2D eigenvalue weighted by molar-refractivity contribution is 5.66. The fraction of sp³-hybridized carbons (Fsp3) is 0.840. The average Bonchev–Trinajstić information content (AvgIpc) is 2.71. The Balaban J connectivity index is 4.23. The summed E-state index contributed by atoms with van der Waals surface area (Å²) in [6.07, 6.45) is 12.9. The van der Waals surface area contributed by atoms with Gasteiger partial charge in [-0.25, -0.2) is 0 Å². The van der Waals surface area contributed by atoms with Gasteiger partial charge in [0.05, 0.1) is 12.2 Å². The minimum atomic E-state index is -0.866. The Labute approximate surface area is 189 Å². The Morgan fingerprint density at radius 1 is 0.742 bits per heavy atom. The van der Waals surface area contributed by atoms with Gasteiger partial charge in [0.25, 0.3) is 0 Å². The summed E-state index contributed by atoms with van der Waals surface area (Å²) in [7, 11) is 0. The largest absolute Gasteiger partial charge is 0.481 e. The number of carboxylic acid groups (broad SMARTS) is 2. The molecule has 6 heteroatoms. The van der Waals surface area contributed by atoms with Crippen LogP contribution >= 0.6 is 0 Å². The van der Waals surface area contributed by atoms with Gasteiger partial charge in [-0.3, -0.25) is 9.59 Å². The van der Waals surface area contributed by atoms with Crippen molar-refractivity contribution in [1.82, 2.24) is 0 Å². The van der Waals surface area contributed by atoms with E-state index >= 15 is 0 Å². The number of hydrogen-bond donors (Lipinski definition) is 2. The third kappa shape index (κ3) is 21.4. The Morgan fingerprint density at radius 2 is 1.16 bits per heavy atom. The van der Waals surface area contributed by atoms with Gasteiger partial charge in [-0.15, -0.1) is 0 Å². The third-order valence-electron chi connectivity index (χ3n) is 5.12. The number of aliphatic carboxylic acids is 2. The van der Waals surface area contributed by atoms with Gasteiger partial charge < -0.3 is 19.7 Å². The fourth-order valence-corrected chi connectivity index (χ4v) is 3.17. The molecule has 0 fully saturated rings. The molecule has 0 rings (SSSR count). The molecule has 0 saturated heterocycles. The summed E-state index contributed by atoms with van der Waals surface area (Å²) in [6, 6.07) is 0. The molecule has 2 unspecified atom stereocenters. The summed E-state index contributed by atoms with van der Waals surface area (Å²) in [4.78, 5) is 21.5. The zero-order chi connectivity index (χ0) is 23.3. The van der Waals surface area contributed by atoms with E-state index in [9.17, 15) is 9.59 Å². The van der Waals surface area contributed by atoms with Crippen molar-refractivity contribution in [2.24, 2.45) is 0 Å². The van der Waals surface area contributed by atoms with Crippen LogP contribution in [-0.4, -0.2) is 40.6 Å². The first-order chi connectivity index (χ1) is 14.8. The molecule has 2 N–H and O–H groups in total.